The van der Waals surface area contributed by atoms with E-state index in [0.717, 1.165) is 59.9 Å². The zero-order valence-electron chi connectivity index (χ0n) is 16.6. The van der Waals surface area contributed by atoms with E-state index in [-0.39, 0.29) is 5.91 Å². The normalized spacial score (nSPS) is 15.1. The fraction of sp³-hybridized carbons (Fsp3) is 0.381. The van der Waals surface area contributed by atoms with Crippen LogP contribution in [0.2, 0.25) is 5.02 Å². The van der Waals surface area contributed by atoms with Gasteiger partial charge in [-0.3, -0.25) is 4.79 Å². The Morgan fingerprint density at radius 1 is 1.17 bits per heavy atom. The van der Waals surface area contributed by atoms with Crippen LogP contribution in [0.15, 0.2) is 30.6 Å². The highest BCUT2D eigenvalue weighted by atomic mass is 35.5. The van der Waals surface area contributed by atoms with Crippen LogP contribution in [0.25, 0.3) is 10.2 Å². The molecule has 0 aliphatic carbocycles. The number of likely N-dealkylation sites (N-methyl/N-ethyl adjacent to an activating group) is 1. The van der Waals surface area contributed by atoms with E-state index in [1.165, 1.54) is 11.3 Å². The van der Waals surface area contributed by atoms with Gasteiger partial charge in [0.05, 0.1) is 10.3 Å². The van der Waals surface area contributed by atoms with E-state index in [1.807, 2.05) is 31.2 Å². The van der Waals surface area contributed by atoms with Gasteiger partial charge in [-0.05, 0) is 36.7 Å². The third-order valence-electron chi connectivity index (χ3n) is 5.40. The molecule has 1 amide bonds. The van der Waals surface area contributed by atoms with Gasteiger partial charge in [-0.1, -0.05) is 30.7 Å². The molecule has 1 aliphatic rings. The van der Waals surface area contributed by atoms with Crippen molar-refractivity contribution < 1.29 is 4.79 Å². The van der Waals surface area contributed by atoms with Crippen LogP contribution >= 0.6 is 22.9 Å². The van der Waals surface area contributed by atoms with Gasteiger partial charge in [0.1, 0.15) is 17.0 Å². The van der Waals surface area contributed by atoms with Gasteiger partial charge in [0.25, 0.3) is 5.91 Å². The molecule has 1 N–H and O–H groups in total. The minimum Gasteiger partial charge on any atom is -0.353 e. The second-order valence-electron chi connectivity index (χ2n) is 7.16. The van der Waals surface area contributed by atoms with Crippen LogP contribution in [0.3, 0.4) is 0 Å². The van der Waals surface area contributed by atoms with Crippen molar-refractivity contribution in [3.05, 3.63) is 51.6 Å². The van der Waals surface area contributed by atoms with Gasteiger partial charge < -0.3 is 15.1 Å². The Labute approximate surface area is 179 Å². The maximum Gasteiger partial charge on any atom is 0.261 e. The first-order valence-electron chi connectivity index (χ1n) is 9.81. The Bertz CT molecular complexity index is 1010. The number of amides is 1. The van der Waals surface area contributed by atoms with Gasteiger partial charge in [0.15, 0.2) is 0 Å². The largest absolute Gasteiger partial charge is 0.353 e. The molecule has 3 aromatic rings. The van der Waals surface area contributed by atoms with Crippen LogP contribution in [0, 0.1) is 6.92 Å². The summed E-state index contributed by atoms with van der Waals surface area (Å²) in [7, 11) is 0. The standard InChI is InChI=1S/C21H24ClN5OS/c1-3-26-8-10-27(11-9-26)19-17-14(2)18(29-21(17)25-13-24-19)20(28)23-12-15-4-6-16(22)7-5-15/h4-7,13H,3,8-12H2,1-2H3,(H,23,28). The number of halogens is 1. The highest BCUT2D eigenvalue weighted by Gasteiger charge is 2.24. The number of nitrogens with one attached hydrogen (secondary N) is 1. The molecule has 0 atom stereocenters. The number of benzene rings is 1. The summed E-state index contributed by atoms with van der Waals surface area (Å²) in [6.07, 6.45) is 1.61. The number of fused-ring (bicyclic) bond motifs is 1. The maximum atomic E-state index is 12.8. The summed E-state index contributed by atoms with van der Waals surface area (Å²) < 4.78 is 0. The average molecular weight is 430 g/mol. The molecule has 1 saturated heterocycles. The number of aromatic nitrogens is 2. The molecule has 0 spiro atoms. The number of anilines is 1. The predicted octanol–water partition coefficient (Wildman–Crippen LogP) is 3.73. The first-order chi connectivity index (χ1) is 14.1. The Morgan fingerprint density at radius 2 is 1.90 bits per heavy atom. The van der Waals surface area contributed by atoms with E-state index < -0.39 is 0 Å². The molecule has 0 saturated carbocycles. The summed E-state index contributed by atoms with van der Waals surface area (Å²) in [5, 5.41) is 4.69. The molecule has 0 unspecified atom stereocenters. The summed E-state index contributed by atoms with van der Waals surface area (Å²) >= 11 is 7.36. The quantitative estimate of drug-likeness (QED) is 0.669. The van der Waals surface area contributed by atoms with E-state index in [0.29, 0.717) is 16.4 Å². The Kier molecular flexibility index (Phi) is 5.99. The highest BCUT2D eigenvalue weighted by molar-refractivity contribution is 7.20. The van der Waals surface area contributed by atoms with Gasteiger partial charge in [-0.2, -0.15) is 0 Å². The molecule has 3 heterocycles. The summed E-state index contributed by atoms with van der Waals surface area (Å²) in [5.74, 6) is 0.860. The topological polar surface area (TPSA) is 61.4 Å². The summed E-state index contributed by atoms with van der Waals surface area (Å²) in [6, 6.07) is 7.49. The van der Waals surface area contributed by atoms with Crippen LogP contribution in [-0.2, 0) is 6.54 Å². The van der Waals surface area contributed by atoms with E-state index in [2.05, 4.69) is 32.0 Å². The minimum absolute atomic E-state index is 0.0813. The van der Waals surface area contributed by atoms with Crippen LogP contribution in [-0.4, -0.2) is 53.5 Å². The molecule has 2 aromatic heterocycles. The summed E-state index contributed by atoms with van der Waals surface area (Å²) in [5.41, 5.74) is 1.96. The number of rotatable bonds is 5. The van der Waals surface area contributed by atoms with Crippen LogP contribution < -0.4 is 10.2 Å². The Hall–Kier alpha value is -2.22. The molecular weight excluding hydrogens is 406 g/mol. The predicted molar refractivity (Wildman–Crippen MR) is 119 cm³/mol. The number of carbonyl (C=O) groups is 1. The number of hydrogen-bond donors (Lipinski definition) is 1. The lowest BCUT2D eigenvalue weighted by Gasteiger charge is -2.35. The summed E-state index contributed by atoms with van der Waals surface area (Å²) in [6.45, 7) is 9.64. The van der Waals surface area contributed by atoms with E-state index in [1.54, 1.807) is 6.33 Å². The number of nitrogens with zero attached hydrogens (tertiary/aromatic N) is 4. The van der Waals surface area contributed by atoms with Crippen molar-refractivity contribution in [1.82, 2.24) is 20.2 Å². The van der Waals surface area contributed by atoms with Gasteiger partial charge in [0.2, 0.25) is 0 Å². The van der Waals surface area contributed by atoms with Gasteiger partial charge in [0, 0.05) is 37.7 Å². The van der Waals surface area contributed by atoms with Gasteiger partial charge in [-0.15, -0.1) is 11.3 Å². The number of hydrogen-bond acceptors (Lipinski definition) is 6. The first kappa shape index (κ1) is 20.1. The molecule has 4 rings (SSSR count). The number of thiophene rings is 1. The molecule has 0 radical (unpaired) electrons. The molecule has 1 aliphatic heterocycles. The lowest BCUT2D eigenvalue weighted by molar-refractivity contribution is 0.0954. The number of piperazine rings is 1. The third kappa shape index (κ3) is 4.22. The number of carbonyl (C=O) groups excluding carboxylic acids is 1. The van der Waals surface area contributed by atoms with Crippen LogP contribution in [0.5, 0.6) is 0 Å². The van der Waals surface area contributed by atoms with E-state index in [9.17, 15) is 4.79 Å². The van der Waals surface area contributed by atoms with Crippen molar-refractivity contribution in [2.75, 3.05) is 37.6 Å². The Morgan fingerprint density at radius 3 is 2.59 bits per heavy atom. The third-order valence-corrected chi connectivity index (χ3v) is 6.85. The van der Waals surface area contributed by atoms with Crippen molar-refractivity contribution in [2.45, 2.75) is 20.4 Å². The second kappa shape index (κ2) is 8.65. The van der Waals surface area contributed by atoms with Crippen LogP contribution in [0.1, 0.15) is 27.7 Å². The summed E-state index contributed by atoms with van der Waals surface area (Å²) in [4.78, 5) is 28.2. The van der Waals surface area contributed by atoms with Crippen molar-refractivity contribution in [3.63, 3.8) is 0 Å². The highest BCUT2D eigenvalue weighted by Crippen LogP contribution is 2.35. The SMILES string of the molecule is CCN1CCN(c2ncnc3sc(C(=O)NCc4ccc(Cl)cc4)c(C)c23)CC1. The van der Waals surface area contributed by atoms with Crippen molar-refractivity contribution in [3.8, 4) is 0 Å². The fourth-order valence-electron chi connectivity index (χ4n) is 3.65. The molecule has 8 heteroatoms. The van der Waals surface area contributed by atoms with Crippen molar-refractivity contribution in [2.24, 2.45) is 0 Å². The van der Waals surface area contributed by atoms with Gasteiger partial charge in [-0.25, -0.2) is 9.97 Å². The van der Waals surface area contributed by atoms with Gasteiger partial charge >= 0.3 is 0 Å². The monoisotopic (exact) mass is 429 g/mol. The van der Waals surface area contributed by atoms with Crippen molar-refractivity contribution in [1.29, 1.82) is 0 Å². The lowest BCUT2D eigenvalue weighted by Crippen LogP contribution is -2.46. The maximum absolute atomic E-state index is 12.8. The molecule has 6 nitrogen and oxygen atoms in total. The molecule has 1 fully saturated rings. The smallest absolute Gasteiger partial charge is 0.261 e. The molecule has 152 valence electrons. The van der Waals surface area contributed by atoms with Crippen molar-refractivity contribution >= 4 is 44.9 Å². The minimum atomic E-state index is -0.0813. The van der Waals surface area contributed by atoms with Crippen LogP contribution in [0.4, 0.5) is 5.82 Å². The Balaban J connectivity index is 1.55. The molecular formula is C21H24ClN5OS. The molecule has 0 bridgehead atoms. The average Bonchev–Trinajstić information content (AvgIpc) is 3.10. The van der Waals surface area contributed by atoms with E-state index >= 15 is 0 Å². The fourth-order valence-corrected chi connectivity index (χ4v) is 4.84. The molecule has 1 aromatic carbocycles. The molecule has 29 heavy (non-hydrogen) atoms. The first-order valence-corrected chi connectivity index (χ1v) is 11.0. The second-order valence-corrected chi connectivity index (χ2v) is 8.60. The number of aryl methyl sites for hydroxylation is 1. The zero-order chi connectivity index (χ0) is 20.4. The van der Waals surface area contributed by atoms with E-state index in [4.69, 9.17) is 11.6 Å². The lowest BCUT2D eigenvalue weighted by atomic mass is 10.1. The zero-order valence-corrected chi connectivity index (χ0v) is 18.2.